The molecule has 0 saturated heterocycles. The summed E-state index contributed by atoms with van der Waals surface area (Å²) in [5.74, 6) is -3.46. The summed E-state index contributed by atoms with van der Waals surface area (Å²) in [6, 6.07) is 0. The first-order valence-corrected chi connectivity index (χ1v) is 2.88. The van der Waals surface area contributed by atoms with E-state index in [1.54, 1.807) is 0 Å². The summed E-state index contributed by atoms with van der Waals surface area (Å²) in [5, 5.41) is 0. The minimum atomic E-state index is -3.70. The maximum absolute atomic E-state index is 11.3. The maximum Gasteiger partial charge on any atom is 0.305 e. The Kier molecular flexibility index (Phi) is 1.86. The van der Waals surface area contributed by atoms with Crippen LogP contribution in [0.15, 0.2) is 0 Å². The molecular weight excluding hydrogens is 160 g/mol. The van der Waals surface area contributed by atoms with Crippen LogP contribution in [-0.2, 0) is 19.1 Å². The van der Waals surface area contributed by atoms with Crippen molar-refractivity contribution < 1.29 is 30.0 Å². The summed E-state index contributed by atoms with van der Waals surface area (Å²) < 4.78 is 67.2. The molecule has 0 aliphatic carbocycles. The molecule has 0 spiro atoms. The summed E-state index contributed by atoms with van der Waals surface area (Å²) in [7, 11) is 1.53. The quantitative estimate of drug-likeness (QED) is 0.592. The Morgan fingerprint density at radius 3 is 1.67 bits per heavy atom. The minimum Gasteiger partial charge on any atom is -0.469 e. The molecule has 0 unspecified atom stereocenters. The monoisotopic (exact) mass is 182 g/mol. The van der Waals surface area contributed by atoms with E-state index in [0.717, 1.165) is 14.2 Å². The Morgan fingerprint density at radius 2 is 1.42 bits per heavy atom. The van der Waals surface area contributed by atoms with Crippen molar-refractivity contribution in [1.82, 2.24) is 0 Å². The van der Waals surface area contributed by atoms with E-state index < -0.39 is 37.4 Å². The first-order chi connectivity index (χ1) is 8.71. The number of hydrogen-bond acceptors (Lipinski definition) is 4. The summed E-state index contributed by atoms with van der Waals surface area (Å²) in [4.78, 5) is 22.5. The Morgan fingerprint density at radius 1 is 1.08 bits per heavy atom. The van der Waals surface area contributed by atoms with Gasteiger partial charge >= 0.3 is 11.9 Å². The van der Waals surface area contributed by atoms with E-state index in [1.165, 1.54) is 0 Å². The summed E-state index contributed by atoms with van der Waals surface area (Å²) in [6.07, 6.45) is -14.4. The lowest BCUT2D eigenvalue weighted by atomic mass is 10.2. The Labute approximate surface area is 83.1 Å². The van der Waals surface area contributed by atoms with Crippen LogP contribution in [0.5, 0.6) is 0 Å². The van der Waals surface area contributed by atoms with Gasteiger partial charge in [0.25, 0.3) is 0 Å². The zero-order valence-electron chi connectivity index (χ0n) is 14.6. The lowest BCUT2D eigenvalue weighted by Crippen LogP contribution is -2.02. The van der Waals surface area contributed by atoms with Crippen LogP contribution in [0.4, 0.5) is 0 Å². The molecule has 4 heteroatoms. The van der Waals surface area contributed by atoms with Crippen LogP contribution >= 0.6 is 0 Å². The molecule has 12 heavy (non-hydrogen) atoms. The van der Waals surface area contributed by atoms with E-state index in [2.05, 4.69) is 9.47 Å². The molecular formula is C8H14O4. The lowest BCUT2D eigenvalue weighted by molar-refractivity contribution is -0.142. The molecule has 0 rings (SSSR count). The molecule has 0 aromatic carbocycles. The molecule has 0 radical (unpaired) electrons. The second-order valence-corrected chi connectivity index (χ2v) is 1.48. The summed E-state index contributed by atoms with van der Waals surface area (Å²) in [6.45, 7) is 0. The molecule has 0 aliphatic rings. The first-order valence-electron chi connectivity index (χ1n) is 6.88. The normalized spacial score (nSPS) is 23.8. The molecule has 0 fully saturated rings. The van der Waals surface area contributed by atoms with Crippen LogP contribution in [0.1, 0.15) is 36.5 Å². The first kappa shape index (κ1) is 3.36. The van der Waals surface area contributed by atoms with Gasteiger partial charge in [-0.05, 0) is 12.7 Å². The average molecular weight is 182 g/mol. The SMILES string of the molecule is [2H]C([2H])(C(=O)OC)C([2H])([2H])C([2H])([2H])C([2H])([2H])C(=O)OC. The molecule has 0 amide bonds. The molecule has 0 atom stereocenters. The van der Waals surface area contributed by atoms with E-state index in [4.69, 9.17) is 11.0 Å². The van der Waals surface area contributed by atoms with E-state index in [9.17, 15) is 9.59 Å². The van der Waals surface area contributed by atoms with Crippen molar-refractivity contribution in [3.63, 3.8) is 0 Å². The Hall–Kier alpha value is -1.06. The Bertz CT molecular complexity index is 367. The highest BCUT2D eigenvalue weighted by molar-refractivity contribution is 5.70. The number of rotatable bonds is 5. The van der Waals surface area contributed by atoms with Crippen molar-refractivity contribution >= 4 is 11.9 Å². The number of esters is 2. The van der Waals surface area contributed by atoms with Gasteiger partial charge in [-0.3, -0.25) is 9.59 Å². The highest BCUT2D eigenvalue weighted by atomic mass is 16.5. The van der Waals surface area contributed by atoms with E-state index in [0.29, 0.717) is 0 Å². The van der Waals surface area contributed by atoms with E-state index in [1.807, 2.05) is 0 Å². The molecule has 70 valence electrons. The highest BCUT2D eigenvalue weighted by Gasteiger charge is 2.02. The molecule has 0 heterocycles. The lowest BCUT2D eigenvalue weighted by Gasteiger charge is -1.98. The zero-order valence-corrected chi connectivity index (χ0v) is 6.63. The van der Waals surface area contributed by atoms with Crippen LogP contribution < -0.4 is 0 Å². The topological polar surface area (TPSA) is 52.6 Å². The van der Waals surface area contributed by atoms with Crippen LogP contribution in [0.3, 0.4) is 0 Å². The maximum atomic E-state index is 11.3. The van der Waals surface area contributed by atoms with Crippen molar-refractivity contribution in [3.8, 4) is 0 Å². The number of carbonyl (C=O) groups is 2. The molecule has 0 aromatic heterocycles. The molecule has 0 N–H and O–H groups in total. The average Bonchev–Trinajstić information content (AvgIpc) is 2.35. The van der Waals surface area contributed by atoms with E-state index >= 15 is 0 Å². The van der Waals surface area contributed by atoms with Gasteiger partial charge in [0.1, 0.15) is 0 Å². The van der Waals surface area contributed by atoms with Crippen molar-refractivity contribution in [2.24, 2.45) is 0 Å². The smallest absolute Gasteiger partial charge is 0.305 e. The second kappa shape index (κ2) is 6.64. The van der Waals surface area contributed by atoms with Crippen molar-refractivity contribution in [2.45, 2.75) is 25.5 Å². The van der Waals surface area contributed by atoms with Crippen molar-refractivity contribution in [2.75, 3.05) is 14.2 Å². The van der Waals surface area contributed by atoms with E-state index in [-0.39, 0.29) is 0 Å². The molecule has 0 aliphatic heterocycles. The second-order valence-electron chi connectivity index (χ2n) is 1.48. The third kappa shape index (κ3) is 5.70. The van der Waals surface area contributed by atoms with Crippen LogP contribution in [-0.4, -0.2) is 26.2 Å². The molecule has 4 nitrogen and oxygen atoms in total. The fourth-order valence-corrected chi connectivity index (χ4v) is 0.267. The number of methoxy groups -OCH3 is 2. The number of carbonyl (C=O) groups excluding carboxylic acids is 2. The highest BCUT2D eigenvalue weighted by Crippen LogP contribution is 2.01. The van der Waals surface area contributed by atoms with Gasteiger partial charge < -0.3 is 9.47 Å². The third-order valence-corrected chi connectivity index (χ3v) is 0.762. The van der Waals surface area contributed by atoms with Crippen molar-refractivity contribution in [3.05, 3.63) is 0 Å². The number of ether oxygens (including phenoxy) is 2. The number of hydrogen-bond donors (Lipinski definition) is 0. The third-order valence-electron chi connectivity index (χ3n) is 0.762. The largest absolute Gasteiger partial charge is 0.469 e. The summed E-state index contributed by atoms with van der Waals surface area (Å²) in [5.41, 5.74) is 0. The summed E-state index contributed by atoms with van der Waals surface area (Å²) >= 11 is 0. The Balaban J connectivity index is 5.92. The predicted molar refractivity (Wildman–Crippen MR) is 42.5 cm³/mol. The molecule has 0 bridgehead atoms. The van der Waals surface area contributed by atoms with Crippen LogP contribution in [0.25, 0.3) is 0 Å². The van der Waals surface area contributed by atoms with Crippen LogP contribution in [0.2, 0.25) is 0 Å². The van der Waals surface area contributed by atoms with Gasteiger partial charge in [0.15, 0.2) is 0 Å². The standard InChI is InChI=1S/C8H14O4/c1-11-7(9)5-3-4-6-8(10)12-2/h3-6H2,1-2H3/i3D2,4D2,5D2,6D2. The van der Waals surface area contributed by atoms with Gasteiger partial charge in [0.05, 0.1) is 14.2 Å². The molecule has 0 aromatic rings. The molecule has 0 saturated carbocycles. The van der Waals surface area contributed by atoms with Crippen molar-refractivity contribution in [1.29, 1.82) is 0 Å². The predicted octanol–water partition coefficient (Wildman–Crippen LogP) is 0.893. The van der Waals surface area contributed by atoms with Gasteiger partial charge in [-0.15, -0.1) is 0 Å². The van der Waals surface area contributed by atoms with Gasteiger partial charge in [0, 0.05) is 23.7 Å². The van der Waals surface area contributed by atoms with Gasteiger partial charge in [-0.1, -0.05) is 0 Å². The zero-order chi connectivity index (χ0) is 16.6. The van der Waals surface area contributed by atoms with Gasteiger partial charge in [0.2, 0.25) is 0 Å². The fourth-order valence-electron chi connectivity index (χ4n) is 0.267. The van der Waals surface area contributed by atoms with Gasteiger partial charge in [-0.25, -0.2) is 0 Å². The van der Waals surface area contributed by atoms with Crippen LogP contribution in [0, 0.1) is 0 Å². The minimum absolute atomic E-state index is 0.765. The van der Waals surface area contributed by atoms with Gasteiger partial charge in [-0.2, -0.15) is 0 Å². The fraction of sp³-hybridized carbons (Fsp3) is 0.750.